The Bertz CT molecular complexity index is 586. The van der Waals surface area contributed by atoms with E-state index in [0.29, 0.717) is 6.54 Å². The van der Waals surface area contributed by atoms with Gasteiger partial charge in [0.05, 0.1) is 0 Å². The number of nitrogens with two attached hydrogens (primary N) is 1. The van der Waals surface area contributed by atoms with Gasteiger partial charge in [-0.15, -0.1) is 6.58 Å². The van der Waals surface area contributed by atoms with E-state index in [1.165, 1.54) is 0 Å². The van der Waals surface area contributed by atoms with Crippen molar-refractivity contribution >= 4 is 23.3 Å². The van der Waals surface area contributed by atoms with E-state index in [9.17, 15) is 9.59 Å². The van der Waals surface area contributed by atoms with Crippen LogP contribution in [0.5, 0.6) is 0 Å². The number of benzene rings is 1. The fourth-order valence-corrected chi connectivity index (χ4v) is 2.65. The molecule has 118 valence electrons. The molecule has 1 aliphatic heterocycles. The number of imide groups is 1. The Kier molecular flexibility index (Phi) is 5.04. The third kappa shape index (κ3) is 3.39. The van der Waals surface area contributed by atoms with E-state index in [0.717, 1.165) is 36.3 Å². The van der Waals surface area contributed by atoms with Crippen molar-refractivity contribution in [2.45, 2.75) is 25.8 Å². The maximum Gasteiger partial charge on any atom is 0.321 e. The smallest absolute Gasteiger partial charge is 0.321 e. The molecule has 1 aromatic rings. The lowest BCUT2D eigenvalue weighted by Gasteiger charge is -2.35. The predicted octanol–water partition coefficient (Wildman–Crippen LogP) is 1.42. The normalized spacial score (nSPS) is 14.7. The Morgan fingerprint density at radius 2 is 2.27 bits per heavy atom. The van der Waals surface area contributed by atoms with Gasteiger partial charge in [0.2, 0.25) is 5.91 Å². The van der Waals surface area contributed by atoms with Gasteiger partial charge in [0.15, 0.2) is 0 Å². The lowest BCUT2D eigenvalue weighted by Crippen LogP contribution is -2.51. The van der Waals surface area contributed by atoms with E-state index in [1.807, 2.05) is 23.1 Å². The average Bonchev–Trinajstić information content (AvgIpc) is 2.52. The summed E-state index contributed by atoms with van der Waals surface area (Å²) < 4.78 is 0. The number of fused-ring (bicyclic) bond motifs is 1. The number of nitrogens with one attached hydrogen (secondary N) is 2. The molecule has 0 aromatic heterocycles. The van der Waals surface area contributed by atoms with E-state index in [4.69, 9.17) is 5.73 Å². The lowest BCUT2D eigenvalue weighted by atomic mass is 9.98. The highest BCUT2D eigenvalue weighted by molar-refractivity contribution is 5.98. The highest BCUT2D eigenvalue weighted by Crippen LogP contribution is 2.32. The molecule has 6 heteroatoms. The number of carbonyl (C=O) groups excluding carboxylic acids is 2. The number of hydrogen-bond donors (Lipinski definition) is 3. The van der Waals surface area contributed by atoms with Gasteiger partial charge in [-0.05, 0) is 37.5 Å². The van der Waals surface area contributed by atoms with E-state index in [1.54, 1.807) is 13.0 Å². The van der Waals surface area contributed by atoms with Crippen LogP contribution in [-0.2, 0) is 11.2 Å². The van der Waals surface area contributed by atoms with Crippen molar-refractivity contribution in [3.63, 3.8) is 0 Å². The molecule has 6 nitrogen and oxygen atoms in total. The van der Waals surface area contributed by atoms with Crippen LogP contribution in [0.1, 0.15) is 18.9 Å². The minimum absolute atomic E-state index is 0.316. The first-order chi connectivity index (χ1) is 10.5. The molecule has 4 N–H and O–H groups in total. The molecule has 2 rings (SSSR count). The second-order valence-electron chi connectivity index (χ2n) is 5.31. The van der Waals surface area contributed by atoms with E-state index in [2.05, 4.69) is 17.2 Å². The third-order valence-electron chi connectivity index (χ3n) is 3.81. The van der Waals surface area contributed by atoms with Gasteiger partial charge in [0.25, 0.3) is 0 Å². The summed E-state index contributed by atoms with van der Waals surface area (Å²) in [6.45, 7) is 6.37. The topological polar surface area (TPSA) is 87.5 Å². The van der Waals surface area contributed by atoms with Gasteiger partial charge >= 0.3 is 6.03 Å². The number of anilines is 2. The summed E-state index contributed by atoms with van der Waals surface area (Å²) in [5.74, 6) is -0.336. The predicted molar refractivity (Wildman–Crippen MR) is 87.7 cm³/mol. The van der Waals surface area contributed by atoms with Crippen molar-refractivity contribution in [1.82, 2.24) is 10.6 Å². The fourth-order valence-electron chi connectivity index (χ4n) is 2.65. The molecule has 22 heavy (non-hydrogen) atoms. The van der Waals surface area contributed by atoms with Crippen molar-refractivity contribution < 1.29 is 9.59 Å². The monoisotopic (exact) mass is 302 g/mol. The van der Waals surface area contributed by atoms with Crippen LogP contribution in [0.4, 0.5) is 16.2 Å². The Morgan fingerprint density at radius 3 is 3.00 bits per heavy atom. The van der Waals surface area contributed by atoms with Crippen molar-refractivity contribution in [3.05, 3.63) is 36.4 Å². The van der Waals surface area contributed by atoms with Crippen molar-refractivity contribution in [2.24, 2.45) is 0 Å². The van der Waals surface area contributed by atoms with Gasteiger partial charge in [0.1, 0.15) is 6.04 Å². The molecular formula is C16H22N4O2. The first-order valence-corrected chi connectivity index (χ1v) is 7.38. The molecule has 0 fully saturated rings. The molecule has 0 radical (unpaired) electrons. The summed E-state index contributed by atoms with van der Waals surface area (Å²) in [7, 11) is 0. The van der Waals surface area contributed by atoms with Crippen LogP contribution in [0.15, 0.2) is 30.9 Å². The molecule has 1 aromatic carbocycles. The Balaban J connectivity index is 2.09. The van der Waals surface area contributed by atoms with Gasteiger partial charge in [-0.1, -0.05) is 12.1 Å². The summed E-state index contributed by atoms with van der Waals surface area (Å²) >= 11 is 0. The maximum absolute atomic E-state index is 12.2. The quantitative estimate of drug-likeness (QED) is 0.580. The standard InChI is InChI=1S/C16H22N4O2/c1-3-9-18-16(22)19-15(21)11(2)20-10-5-6-12-13(17)7-4-8-14(12)20/h3-4,7-8,11H,1,5-6,9-10,17H2,2H3,(H2,18,19,21,22). The molecule has 1 unspecified atom stereocenters. The first-order valence-electron chi connectivity index (χ1n) is 7.38. The van der Waals surface area contributed by atoms with Crippen LogP contribution in [0.25, 0.3) is 0 Å². The number of urea groups is 1. The largest absolute Gasteiger partial charge is 0.398 e. The average molecular weight is 302 g/mol. The molecular weight excluding hydrogens is 280 g/mol. The van der Waals surface area contributed by atoms with E-state index >= 15 is 0 Å². The first kappa shape index (κ1) is 15.9. The van der Waals surface area contributed by atoms with Crippen LogP contribution in [0, 0.1) is 0 Å². The van der Waals surface area contributed by atoms with Gasteiger partial charge in [0, 0.05) is 24.5 Å². The SMILES string of the molecule is C=CCNC(=O)NC(=O)C(C)N1CCCc2c(N)cccc21. The molecule has 0 saturated heterocycles. The Hall–Kier alpha value is -2.50. The van der Waals surface area contributed by atoms with Crippen LogP contribution < -0.4 is 21.3 Å². The third-order valence-corrected chi connectivity index (χ3v) is 3.81. The zero-order valence-electron chi connectivity index (χ0n) is 12.8. The van der Waals surface area contributed by atoms with Gasteiger partial charge in [-0.25, -0.2) is 4.79 Å². The minimum Gasteiger partial charge on any atom is -0.398 e. The minimum atomic E-state index is -0.512. The van der Waals surface area contributed by atoms with Gasteiger partial charge in [-0.3, -0.25) is 10.1 Å². The Labute approximate surface area is 130 Å². The zero-order chi connectivity index (χ0) is 16.1. The summed E-state index contributed by atoms with van der Waals surface area (Å²) in [5, 5.41) is 4.87. The molecule has 1 heterocycles. The van der Waals surface area contributed by atoms with Crippen LogP contribution >= 0.6 is 0 Å². The van der Waals surface area contributed by atoms with Crippen molar-refractivity contribution in [1.29, 1.82) is 0 Å². The Morgan fingerprint density at radius 1 is 1.50 bits per heavy atom. The summed E-state index contributed by atoms with van der Waals surface area (Å²) in [4.78, 5) is 25.8. The molecule has 0 bridgehead atoms. The molecule has 0 spiro atoms. The number of amides is 3. The van der Waals surface area contributed by atoms with Crippen LogP contribution in [0.2, 0.25) is 0 Å². The van der Waals surface area contributed by atoms with Crippen LogP contribution in [0.3, 0.4) is 0 Å². The van der Waals surface area contributed by atoms with E-state index < -0.39 is 12.1 Å². The van der Waals surface area contributed by atoms with E-state index in [-0.39, 0.29) is 5.91 Å². The second-order valence-corrected chi connectivity index (χ2v) is 5.31. The highest BCUT2D eigenvalue weighted by Gasteiger charge is 2.27. The molecule has 0 saturated carbocycles. The number of rotatable bonds is 4. The number of nitrogens with zero attached hydrogens (tertiary/aromatic N) is 1. The van der Waals surface area contributed by atoms with Gasteiger partial charge in [-0.2, -0.15) is 0 Å². The molecule has 3 amide bonds. The zero-order valence-corrected chi connectivity index (χ0v) is 12.8. The lowest BCUT2D eigenvalue weighted by molar-refractivity contribution is -0.121. The maximum atomic E-state index is 12.2. The molecule has 1 aliphatic rings. The number of hydrogen-bond acceptors (Lipinski definition) is 4. The molecule has 0 aliphatic carbocycles. The second kappa shape index (κ2) is 6.98. The van der Waals surface area contributed by atoms with Gasteiger partial charge < -0.3 is 16.0 Å². The van der Waals surface area contributed by atoms with Crippen molar-refractivity contribution in [3.8, 4) is 0 Å². The fraction of sp³-hybridized carbons (Fsp3) is 0.375. The van der Waals surface area contributed by atoms with Crippen molar-refractivity contribution in [2.75, 3.05) is 23.7 Å². The summed E-state index contributed by atoms with van der Waals surface area (Å²) in [6.07, 6.45) is 3.39. The summed E-state index contributed by atoms with van der Waals surface area (Å²) in [6, 6.07) is 4.76. The van der Waals surface area contributed by atoms with Crippen LogP contribution in [-0.4, -0.2) is 31.1 Å². The number of nitrogen functional groups attached to an aromatic ring is 1. The highest BCUT2D eigenvalue weighted by atomic mass is 16.2. The number of carbonyl (C=O) groups is 2. The summed E-state index contributed by atoms with van der Waals surface area (Å²) in [5.41, 5.74) is 8.81. The molecule has 1 atom stereocenters.